The second-order valence-electron chi connectivity index (χ2n) is 28.6. The van der Waals surface area contributed by atoms with E-state index in [1.54, 1.807) is 6.92 Å². The van der Waals surface area contributed by atoms with Gasteiger partial charge in [-0.3, -0.25) is 38.4 Å². The van der Waals surface area contributed by atoms with Gasteiger partial charge in [0.1, 0.15) is 52.2 Å². The lowest BCUT2D eigenvalue weighted by Crippen LogP contribution is -2.48. The molecule has 25 nitrogen and oxygen atoms in total. The lowest BCUT2D eigenvalue weighted by molar-refractivity contribution is -0.169. The smallest absolute Gasteiger partial charge is 0.465 e. The largest absolute Gasteiger partial charge is 0.508 e. The zero-order valence-corrected chi connectivity index (χ0v) is 57.6. The molecular formula is C74H99NO24. The van der Waals surface area contributed by atoms with E-state index >= 15 is 0 Å². The highest BCUT2D eigenvalue weighted by atomic mass is 16.8. The molecule has 3 heterocycles. The van der Waals surface area contributed by atoms with E-state index in [-0.39, 0.29) is 69.5 Å². The van der Waals surface area contributed by atoms with Crippen molar-refractivity contribution in [1.82, 2.24) is 5.32 Å². The SMILES string of the molecule is CC(C(=O)NCC1CCCCC1)C(=O)OCC1CCCCC1.CC(C(=O)OCC1CCCCC1)C(=O)OCC1COC(=O)O1.CC(C(=O)OCC1COC(=O)O1)C(=O)OCC12CC3CC(CC(C3)C1)C2.CC(C(=O)OCC1COC(=O)O1)C(=O)OCC1c2ccccc2-c2ccccc21. The first-order valence-electron chi connectivity index (χ1n) is 35.8. The van der Waals surface area contributed by atoms with Gasteiger partial charge < -0.3 is 66.9 Å². The second kappa shape index (κ2) is 36.9. The van der Waals surface area contributed by atoms with Gasteiger partial charge in [-0.15, -0.1) is 0 Å². The molecular weight excluding hydrogens is 1290 g/mol. The van der Waals surface area contributed by atoms with Gasteiger partial charge in [0.05, 0.1) is 19.8 Å². The first-order valence-corrected chi connectivity index (χ1v) is 35.8. The van der Waals surface area contributed by atoms with E-state index in [2.05, 4.69) is 31.7 Å². The molecule has 0 aromatic heterocycles. The number of rotatable bonds is 24. The Bertz CT molecular complexity index is 2990. The van der Waals surface area contributed by atoms with Crippen molar-refractivity contribution >= 4 is 66.2 Å². The molecule has 1 N–H and O–H groups in total. The van der Waals surface area contributed by atoms with E-state index in [0.29, 0.717) is 44.1 Å². The fraction of sp³-hybridized carbons (Fsp3) is 0.689. The summed E-state index contributed by atoms with van der Waals surface area (Å²) >= 11 is 0. The molecule has 7 unspecified atom stereocenters. The Hall–Kier alpha value is -7.99. The third-order valence-corrected chi connectivity index (χ3v) is 20.8. The minimum Gasteiger partial charge on any atom is -0.465 e. The quantitative estimate of drug-likeness (QED) is 0.0580. The van der Waals surface area contributed by atoms with Crippen LogP contribution in [0.5, 0.6) is 0 Å². The van der Waals surface area contributed by atoms with Gasteiger partial charge in [0, 0.05) is 17.9 Å². The number of fused-ring (bicyclic) bond motifs is 3. The fourth-order valence-electron chi connectivity index (χ4n) is 15.3. The van der Waals surface area contributed by atoms with Gasteiger partial charge in [0.25, 0.3) is 0 Å². The summed E-state index contributed by atoms with van der Waals surface area (Å²) in [5, 5.41) is 2.93. The fourth-order valence-corrected chi connectivity index (χ4v) is 15.3. The molecule has 7 atom stereocenters. The number of benzene rings is 2. The van der Waals surface area contributed by atoms with Crippen LogP contribution in [-0.4, -0.2) is 157 Å². The van der Waals surface area contributed by atoms with Crippen LogP contribution in [0.2, 0.25) is 0 Å². The number of amides is 1. The first kappa shape index (κ1) is 75.2. The topological polar surface area (TPSA) is 320 Å². The Morgan fingerprint density at radius 1 is 0.414 bits per heavy atom. The van der Waals surface area contributed by atoms with Gasteiger partial charge in [-0.25, -0.2) is 14.4 Å². The zero-order chi connectivity index (χ0) is 70.4. The van der Waals surface area contributed by atoms with Gasteiger partial charge in [-0.05, 0) is 163 Å². The van der Waals surface area contributed by atoms with Crippen molar-refractivity contribution in [2.75, 3.05) is 72.6 Å². The summed E-state index contributed by atoms with van der Waals surface area (Å²) in [6.07, 6.45) is 21.3. The highest BCUT2D eigenvalue weighted by Crippen LogP contribution is 2.60. The molecule has 7 saturated carbocycles. The van der Waals surface area contributed by atoms with Gasteiger partial charge in [0.2, 0.25) is 5.91 Å². The third-order valence-electron chi connectivity index (χ3n) is 20.8. The van der Waals surface area contributed by atoms with Gasteiger partial charge in [0.15, 0.2) is 36.1 Å². The minimum atomic E-state index is -1.08. The Balaban J connectivity index is 0.000000155. The highest BCUT2D eigenvalue weighted by molar-refractivity contribution is 5.97. The Morgan fingerprint density at radius 2 is 0.737 bits per heavy atom. The van der Waals surface area contributed by atoms with Crippen molar-refractivity contribution in [3.05, 3.63) is 59.7 Å². The van der Waals surface area contributed by atoms with Crippen LogP contribution in [0.25, 0.3) is 11.1 Å². The summed E-state index contributed by atoms with van der Waals surface area (Å²) in [5.74, 6) is -4.36. The summed E-state index contributed by atoms with van der Waals surface area (Å²) < 4.78 is 64.7. The molecule has 3 saturated heterocycles. The maximum atomic E-state index is 12.4. The number of carbonyl (C=O) groups is 11. The van der Waals surface area contributed by atoms with E-state index in [4.69, 9.17) is 47.4 Å². The van der Waals surface area contributed by atoms with Crippen molar-refractivity contribution in [2.45, 2.75) is 187 Å². The number of hydrogen-bond acceptors (Lipinski definition) is 24. The van der Waals surface area contributed by atoms with Gasteiger partial charge in [-0.2, -0.15) is 0 Å². The maximum Gasteiger partial charge on any atom is 0.508 e. The Morgan fingerprint density at radius 3 is 1.10 bits per heavy atom. The van der Waals surface area contributed by atoms with Crippen molar-refractivity contribution < 1.29 is 114 Å². The first-order chi connectivity index (χ1) is 47.7. The molecule has 10 fully saturated rings. The van der Waals surface area contributed by atoms with Gasteiger partial charge in [-0.1, -0.05) is 106 Å². The number of carbonyl (C=O) groups excluding carboxylic acids is 11. The van der Waals surface area contributed by atoms with Crippen molar-refractivity contribution in [1.29, 1.82) is 0 Å². The zero-order valence-electron chi connectivity index (χ0n) is 57.6. The molecule has 2 aromatic rings. The number of nitrogens with one attached hydrogen (secondary N) is 1. The lowest BCUT2D eigenvalue weighted by Gasteiger charge is -2.56. The molecule has 3 aliphatic heterocycles. The van der Waals surface area contributed by atoms with E-state index in [9.17, 15) is 52.7 Å². The van der Waals surface area contributed by atoms with E-state index in [0.717, 1.165) is 85.0 Å². The second-order valence-corrected chi connectivity index (χ2v) is 28.6. The number of ether oxygens (including phenoxy) is 13. The number of hydrogen-bond donors (Lipinski definition) is 1. The van der Waals surface area contributed by atoms with Crippen molar-refractivity contribution in [2.24, 2.45) is 64.6 Å². The van der Waals surface area contributed by atoms with E-state index in [1.165, 1.54) is 111 Å². The van der Waals surface area contributed by atoms with E-state index < -0.39 is 96.3 Å². The summed E-state index contributed by atoms with van der Waals surface area (Å²) in [4.78, 5) is 129. The molecule has 2 aromatic carbocycles. The average molecular weight is 1390 g/mol. The summed E-state index contributed by atoms with van der Waals surface area (Å²) in [7, 11) is 0. The number of esters is 7. The van der Waals surface area contributed by atoms with Crippen LogP contribution < -0.4 is 5.32 Å². The van der Waals surface area contributed by atoms with E-state index in [1.807, 2.05) is 36.4 Å². The molecule has 25 heteroatoms. The molecule has 4 bridgehead atoms. The van der Waals surface area contributed by atoms with Crippen molar-refractivity contribution in [3.8, 4) is 11.1 Å². The molecule has 1 amide bonds. The molecule has 99 heavy (non-hydrogen) atoms. The molecule has 11 aliphatic rings. The summed E-state index contributed by atoms with van der Waals surface area (Å²) in [6.45, 7) is 7.85. The highest BCUT2D eigenvalue weighted by Gasteiger charge is 2.52. The predicted octanol–water partition coefficient (Wildman–Crippen LogP) is 10.8. The van der Waals surface area contributed by atoms with Crippen LogP contribution in [0.4, 0.5) is 14.4 Å². The van der Waals surface area contributed by atoms with Gasteiger partial charge >= 0.3 is 60.3 Å². The Kier molecular flexibility index (Phi) is 28.0. The summed E-state index contributed by atoms with van der Waals surface area (Å²) in [6, 6.07) is 16.0. The molecule has 8 aliphatic carbocycles. The van der Waals surface area contributed by atoms with Crippen LogP contribution in [-0.2, 0) is 99.9 Å². The molecule has 0 radical (unpaired) electrons. The maximum absolute atomic E-state index is 12.4. The van der Waals surface area contributed by atoms with Crippen LogP contribution in [0.1, 0.15) is 180 Å². The average Bonchev–Trinajstić information content (AvgIpc) is 1.67. The van der Waals surface area contributed by atoms with Crippen molar-refractivity contribution in [3.63, 3.8) is 0 Å². The monoisotopic (exact) mass is 1390 g/mol. The molecule has 13 rings (SSSR count). The minimum absolute atomic E-state index is 0.0193. The Labute approximate surface area is 578 Å². The summed E-state index contributed by atoms with van der Waals surface area (Å²) in [5.41, 5.74) is 4.58. The third kappa shape index (κ3) is 22.3. The standard InChI is InChI=1S/C22H20O7.C19H26O7.C18H31NO3.C15H22O7/c1-13(20(23)26-10-14-11-28-22(25)29-14)21(24)27-12-19-17-8-4-2-6-15(17)16-7-3-5-9-18(16)19;1-11(16(20)23-8-15-9-24-18(22)26-15)17(21)25-10-19-5-12-2-13(6-19)4-14(3-12)7-19;1-14(17(20)19-12-15-8-4-2-5-9-15)18(21)22-13-16-10-6-3-7-11-16;1-10(13(16)19-7-11-5-3-2-4-6-11)14(17)20-8-12-9-21-15(18)22-12/h2-9,13-14,19H,10-12H2,1H3;11-15H,2-10H2,1H3;14-16H,2-13H2,1H3,(H,19,20);10-12H,2-9H2,1H3. The molecule has 544 valence electrons. The van der Waals surface area contributed by atoms with Crippen LogP contribution in [0.3, 0.4) is 0 Å². The van der Waals surface area contributed by atoms with Crippen LogP contribution in [0.15, 0.2) is 48.5 Å². The number of cyclic esters (lactones) is 6. The van der Waals surface area contributed by atoms with Crippen LogP contribution in [0, 0.1) is 64.6 Å². The predicted molar refractivity (Wildman–Crippen MR) is 349 cm³/mol. The molecule has 0 spiro atoms. The normalized spacial score (nSPS) is 25.5. The van der Waals surface area contributed by atoms with Crippen LogP contribution >= 0.6 is 0 Å². The lowest BCUT2D eigenvalue weighted by atomic mass is 9.50.